The first-order chi connectivity index (χ1) is 10.1. The Morgan fingerprint density at radius 3 is 1.95 bits per heavy atom. The number of halogens is 3. The minimum absolute atomic E-state index is 0.569. The van der Waals surface area contributed by atoms with Gasteiger partial charge in [0.1, 0.15) is 0 Å². The van der Waals surface area contributed by atoms with Gasteiger partial charge in [0, 0.05) is 0 Å². The molecular formula is C18H25F3. The molecule has 0 unspecified atom stereocenters. The Labute approximate surface area is 125 Å². The molecule has 1 aromatic rings. The summed E-state index contributed by atoms with van der Waals surface area (Å²) < 4.78 is 39.2. The highest BCUT2D eigenvalue weighted by molar-refractivity contribution is 5.19. The molecule has 0 amide bonds. The van der Waals surface area contributed by atoms with Gasteiger partial charge in [0.05, 0.1) is 0 Å². The fourth-order valence-corrected chi connectivity index (χ4v) is 3.42. The lowest BCUT2D eigenvalue weighted by molar-refractivity contribution is 0.250. The molecule has 0 saturated heterocycles. The van der Waals surface area contributed by atoms with Crippen molar-refractivity contribution in [3.63, 3.8) is 0 Å². The normalized spacial score (nSPS) is 22.5. The van der Waals surface area contributed by atoms with Gasteiger partial charge in [-0.3, -0.25) is 0 Å². The lowest BCUT2D eigenvalue weighted by atomic mass is 9.78. The van der Waals surface area contributed by atoms with E-state index in [0.717, 1.165) is 24.5 Å². The molecule has 0 nitrogen and oxygen atoms in total. The van der Waals surface area contributed by atoms with E-state index >= 15 is 0 Å². The van der Waals surface area contributed by atoms with Crippen LogP contribution in [0.15, 0.2) is 12.1 Å². The molecule has 3 heteroatoms. The van der Waals surface area contributed by atoms with Crippen LogP contribution in [-0.2, 0) is 6.42 Å². The Morgan fingerprint density at radius 1 is 0.905 bits per heavy atom. The van der Waals surface area contributed by atoms with Crippen LogP contribution in [-0.4, -0.2) is 0 Å². The first-order valence-corrected chi connectivity index (χ1v) is 8.23. The van der Waals surface area contributed by atoms with Gasteiger partial charge in [-0.25, -0.2) is 13.2 Å². The van der Waals surface area contributed by atoms with Crippen molar-refractivity contribution in [1.29, 1.82) is 0 Å². The van der Waals surface area contributed by atoms with E-state index in [4.69, 9.17) is 0 Å². The molecule has 0 aromatic heterocycles. The Kier molecular flexibility index (Phi) is 6.13. The molecule has 1 aromatic carbocycles. The highest BCUT2D eigenvalue weighted by Crippen LogP contribution is 2.34. The molecule has 1 saturated carbocycles. The quantitative estimate of drug-likeness (QED) is 0.562. The summed E-state index contributed by atoms with van der Waals surface area (Å²) in [6.07, 6.45) is 10.5. The molecule has 21 heavy (non-hydrogen) atoms. The summed E-state index contributed by atoms with van der Waals surface area (Å²) in [5.41, 5.74) is 0.569. The van der Waals surface area contributed by atoms with Gasteiger partial charge in [0.2, 0.25) is 0 Å². The third-order valence-electron chi connectivity index (χ3n) is 4.82. The number of unbranched alkanes of at least 4 members (excludes halogenated alkanes) is 1. The highest BCUT2D eigenvalue weighted by atomic mass is 19.2. The van der Waals surface area contributed by atoms with E-state index < -0.39 is 17.5 Å². The van der Waals surface area contributed by atoms with Gasteiger partial charge < -0.3 is 0 Å². The molecule has 2 rings (SSSR count). The van der Waals surface area contributed by atoms with E-state index in [0.29, 0.717) is 17.9 Å². The topological polar surface area (TPSA) is 0 Å². The summed E-state index contributed by atoms with van der Waals surface area (Å²) in [5.74, 6) is -1.99. The van der Waals surface area contributed by atoms with Gasteiger partial charge in [0.25, 0.3) is 0 Å². The van der Waals surface area contributed by atoms with Crippen molar-refractivity contribution in [2.24, 2.45) is 11.8 Å². The fourth-order valence-electron chi connectivity index (χ4n) is 3.42. The second kappa shape index (κ2) is 7.86. The molecule has 1 aliphatic rings. The summed E-state index contributed by atoms with van der Waals surface area (Å²) >= 11 is 0. The fraction of sp³-hybridized carbons (Fsp3) is 0.667. The van der Waals surface area contributed by atoms with E-state index in [1.54, 1.807) is 0 Å². The minimum atomic E-state index is -1.37. The predicted octanol–water partition coefficient (Wildman–Crippen LogP) is 6.03. The van der Waals surface area contributed by atoms with Crippen LogP contribution >= 0.6 is 0 Å². The first-order valence-electron chi connectivity index (χ1n) is 8.23. The van der Waals surface area contributed by atoms with Crippen LogP contribution in [0.25, 0.3) is 0 Å². The standard InChI is InChI=1S/C18H25F3/c1-2-3-4-13-5-7-14(8-6-13)9-10-15-11-16(19)18(21)17(20)12-15/h11-14H,2-10H2,1H3. The average Bonchev–Trinajstić information content (AvgIpc) is 2.49. The summed E-state index contributed by atoms with van der Waals surface area (Å²) in [7, 11) is 0. The van der Waals surface area contributed by atoms with Gasteiger partial charge in [0.15, 0.2) is 17.5 Å². The summed E-state index contributed by atoms with van der Waals surface area (Å²) in [5, 5.41) is 0. The molecule has 0 N–H and O–H groups in total. The van der Waals surface area contributed by atoms with Crippen molar-refractivity contribution in [3.8, 4) is 0 Å². The van der Waals surface area contributed by atoms with Crippen LogP contribution in [0.5, 0.6) is 0 Å². The Hall–Kier alpha value is -0.990. The third-order valence-corrected chi connectivity index (χ3v) is 4.82. The Balaban J connectivity index is 1.77. The molecular weight excluding hydrogens is 273 g/mol. The monoisotopic (exact) mass is 298 g/mol. The van der Waals surface area contributed by atoms with Crippen molar-refractivity contribution in [3.05, 3.63) is 35.1 Å². The Bertz CT molecular complexity index is 425. The summed E-state index contributed by atoms with van der Waals surface area (Å²) in [4.78, 5) is 0. The van der Waals surface area contributed by atoms with E-state index in [-0.39, 0.29) is 0 Å². The summed E-state index contributed by atoms with van der Waals surface area (Å²) in [6.45, 7) is 2.23. The third kappa shape index (κ3) is 4.76. The largest absolute Gasteiger partial charge is 0.204 e. The number of hydrogen-bond donors (Lipinski definition) is 0. The number of hydrogen-bond acceptors (Lipinski definition) is 0. The van der Waals surface area contributed by atoms with E-state index in [1.807, 2.05) is 0 Å². The van der Waals surface area contributed by atoms with Gasteiger partial charge >= 0.3 is 0 Å². The maximum atomic E-state index is 13.2. The van der Waals surface area contributed by atoms with Gasteiger partial charge in [-0.05, 0) is 42.4 Å². The number of rotatable bonds is 6. The number of aryl methyl sites for hydroxylation is 1. The molecule has 0 spiro atoms. The lowest BCUT2D eigenvalue weighted by Gasteiger charge is -2.28. The first kappa shape index (κ1) is 16.4. The molecule has 1 aliphatic carbocycles. The second-order valence-corrected chi connectivity index (χ2v) is 6.44. The van der Waals surface area contributed by atoms with Crippen molar-refractivity contribution >= 4 is 0 Å². The molecule has 1 fully saturated rings. The van der Waals surface area contributed by atoms with E-state index in [2.05, 4.69) is 6.92 Å². The predicted molar refractivity (Wildman–Crippen MR) is 79.6 cm³/mol. The number of benzene rings is 1. The molecule has 0 heterocycles. The van der Waals surface area contributed by atoms with Crippen molar-refractivity contribution in [1.82, 2.24) is 0 Å². The van der Waals surface area contributed by atoms with Gasteiger partial charge in [-0.1, -0.05) is 51.9 Å². The maximum Gasteiger partial charge on any atom is 0.194 e. The van der Waals surface area contributed by atoms with E-state index in [9.17, 15) is 13.2 Å². The minimum Gasteiger partial charge on any atom is -0.204 e. The van der Waals surface area contributed by atoms with Gasteiger partial charge in [-0.2, -0.15) is 0 Å². The Morgan fingerprint density at radius 2 is 1.43 bits per heavy atom. The summed E-state index contributed by atoms with van der Waals surface area (Å²) in [6, 6.07) is 2.26. The zero-order valence-electron chi connectivity index (χ0n) is 12.8. The van der Waals surface area contributed by atoms with Crippen molar-refractivity contribution < 1.29 is 13.2 Å². The van der Waals surface area contributed by atoms with Crippen LogP contribution in [0, 0.1) is 29.3 Å². The molecule has 0 bridgehead atoms. The van der Waals surface area contributed by atoms with Crippen LogP contribution < -0.4 is 0 Å². The van der Waals surface area contributed by atoms with Crippen LogP contribution in [0.3, 0.4) is 0 Å². The van der Waals surface area contributed by atoms with Gasteiger partial charge in [-0.15, -0.1) is 0 Å². The molecule has 118 valence electrons. The lowest BCUT2D eigenvalue weighted by Crippen LogP contribution is -2.15. The zero-order valence-corrected chi connectivity index (χ0v) is 12.8. The van der Waals surface area contributed by atoms with E-state index in [1.165, 1.54) is 44.9 Å². The molecule has 0 radical (unpaired) electrons. The van der Waals surface area contributed by atoms with Crippen LogP contribution in [0.2, 0.25) is 0 Å². The van der Waals surface area contributed by atoms with Crippen molar-refractivity contribution in [2.45, 2.75) is 64.7 Å². The maximum absolute atomic E-state index is 13.2. The smallest absolute Gasteiger partial charge is 0.194 e. The van der Waals surface area contributed by atoms with Crippen LogP contribution in [0.1, 0.15) is 63.9 Å². The molecule has 0 atom stereocenters. The second-order valence-electron chi connectivity index (χ2n) is 6.44. The SMILES string of the molecule is CCCCC1CCC(CCc2cc(F)c(F)c(F)c2)CC1. The zero-order chi connectivity index (χ0) is 15.2. The molecule has 0 aliphatic heterocycles. The average molecular weight is 298 g/mol. The highest BCUT2D eigenvalue weighted by Gasteiger charge is 2.21. The van der Waals surface area contributed by atoms with Crippen LogP contribution in [0.4, 0.5) is 13.2 Å². The van der Waals surface area contributed by atoms with Crippen molar-refractivity contribution in [2.75, 3.05) is 0 Å².